The molecule has 4 N–H and O–H groups in total. The summed E-state index contributed by atoms with van der Waals surface area (Å²) >= 11 is 5.75. The largest absolute Gasteiger partial charge is 0.396 e. The molecule has 0 bridgehead atoms. The highest BCUT2D eigenvalue weighted by Crippen LogP contribution is 2.27. The Morgan fingerprint density at radius 1 is 1.47 bits per heavy atom. The van der Waals surface area contributed by atoms with Crippen molar-refractivity contribution in [3.63, 3.8) is 0 Å². The standard InChI is InChI=1S/C10H13ClFNO2/c11-6-2-1-3-7(12)9(6)10(15)8(13)4-5-14/h1-3,8,10,14-15H,4-5,13H2. The quantitative estimate of drug-likeness (QED) is 0.733. The zero-order valence-corrected chi connectivity index (χ0v) is 8.78. The molecule has 5 heteroatoms. The molecule has 0 heterocycles. The topological polar surface area (TPSA) is 66.5 Å². The van der Waals surface area contributed by atoms with Crippen molar-refractivity contribution in [3.05, 3.63) is 34.6 Å². The summed E-state index contributed by atoms with van der Waals surface area (Å²) in [6.45, 7) is -0.162. The summed E-state index contributed by atoms with van der Waals surface area (Å²) in [5, 5.41) is 18.5. The third-order valence-corrected chi connectivity index (χ3v) is 2.49. The van der Waals surface area contributed by atoms with Crippen molar-refractivity contribution in [3.8, 4) is 0 Å². The van der Waals surface area contributed by atoms with Crippen LogP contribution in [-0.2, 0) is 0 Å². The minimum Gasteiger partial charge on any atom is -0.396 e. The highest BCUT2D eigenvalue weighted by molar-refractivity contribution is 6.31. The van der Waals surface area contributed by atoms with Gasteiger partial charge in [-0.15, -0.1) is 0 Å². The summed E-state index contributed by atoms with van der Waals surface area (Å²) in [4.78, 5) is 0. The fraction of sp³-hybridized carbons (Fsp3) is 0.400. The predicted octanol–water partition coefficient (Wildman–Crippen LogP) is 1.22. The van der Waals surface area contributed by atoms with Gasteiger partial charge in [-0.3, -0.25) is 0 Å². The van der Waals surface area contributed by atoms with E-state index in [-0.39, 0.29) is 23.6 Å². The lowest BCUT2D eigenvalue weighted by Gasteiger charge is -2.19. The van der Waals surface area contributed by atoms with Crippen molar-refractivity contribution < 1.29 is 14.6 Å². The zero-order valence-electron chi connectivity index (χ0n) is 8.03. The van der Waals surface area contributed by atoms with Gasteiger partial charge in [0.1, 0.15) is 5.82 Å². The van der Waals surface area contributed by atoms with Gasteiger partial charge < -0.3 is 15.9 Å². The fourth-order valence-electron chi connectivity index (χ4n) is 1.31. The first-order valence-corrected chi connectivity index (χ1v) is 4.94. The van der Waals surface area contributed by atoms with E-state index in [1.165, 1.54) is 18.2 Å². The molecule has 84 valence electrons. The Labute approximate surface area is 92.3 Å². The number of rotatable bonds is 4. The van der Waals surface area contributed by atoms with Gasteiger partial charge in [-0.25, -0.2) is 4.39 Å². The van der Waals surface area contributed by atoms with E-state index < -0.39 is 18.0 Å². The van der Waals surface area contributed by atoms with Crippen LogP contribution in [0.15, 0.2) is 18.2 Å². The van der Waals surface area contributed by atoms with E-state index >= 15 is 0 Å². The lowest BCUT2D eigenvalue weighted by atomic mass is 10.0. The Morgan fingerprint density at radius 3 is 2.67 bits per heavy atom. The summed E-state index contributed by atoms with van der Waals surface area (Å²) in [6, 6.07) is 3.40. The van der Waals surface area contributed by atoms with Gasteiger partial charge in [0.2, 0.25) is 0 Å². The lowest BCUT2D eigenvalue weighted by Crippen LogP contribution is -2.30. The molecule has 0 aliphatic heterocycles. The first-order chi connectivity index (χ1) is 7.07. The van der Waals surface area contributed by atoms with E-state index in [1.54, 1.807) is 0 Å². The highest BCUT2D eigenvalue weighted by Gasteiger charge is 2.22. The van der Waals surface area contributed by atoms with Crippen LogP contribution in [0.25, 0.3) is 0 Å². The van der Waals surface area contributed by atoms with Gasteiger partial charge in [-0.05, 0) is 18.6 Å². The molecule has 0 saturated heterocycles. The van der Waals surface area contributed by atoms with E-state index in [4.69, 9.17) is 22.4 Å². The van der Waals surface area contributed by atoms with Crippen LogP contribution in [0.3, 0.4) is 0 Å². The SMILES string of the molecule is NC(CCO)C(O)c1c(F)cccc1Cl. The molecular weight excluding hydrogens is 221 g/mol. The Bertz CT molecular complexity index is 315. The minimum absolute atomic E-state index is 0.0138. The van der Waals surface area contributed by atoms with Crippen LogP contribution in [0.4, 0.5) is 4.39 Å². The summed E-state index contributed by atoms with van der Waals surface area (Å²) in [6.07, 6.45) is -1.02. The average Bonchev–Trinajstić information content (AvgIpc) is 2.17. The lowest BCUT2D eigenvalue weighted by molar-refractivity contribution is 0.125. The maximum absolute atomic E-state index is 13.3. The molecule has 15 heavy (non-hydrogen) atoms. The molecule has 1 aromatic carbocycles. The Hall–Kier alpha value is -0.680. The van der Waals surface area contributed by atoms with Crippen molar-refractivity contribution >= 4 is 11.6 Å². The van der Waals surface area contributed by atoms with Crippen molar-refractivity contribution in [2.45, 2.75) is 18.6 Å². The third kappa shape index (κ3) is 2.89. The molecule has 1 aromatic rings. The first-order valence-electron chi connectivity index (χ1n) is 4.56. The van der Waals surface area contributed by atoms with Gasteiger partial charge in [-0.1, -0.05) is 17.7 Å². The molecule has 0 amide bonds. The van der Waals surface area contributed by atoms with Crippen molar-refractivity contribution in [2.24, 2.45) is 5.73 Å². The number of halogens is 2. The number of hydrogen-bond donors (Lipinski definition) is 3. The molecule has 0 saturated carbocycles. The summed E-state index contributed by atoms with van der Waals surface area (Å²) in [5.41, 5.74) is 5.55. The first kappa shape index (κ1) is 12.4. The molecule has 0 aromatic heterocycles. The van der Waals surface area contributed by atoms with Crippen molar-refractivity contribution in [1.82, 2.24) is 0 Å². The molecular formula is C10H13ClFNO2. The molecule has 0 aliphatic carbocycles. The second-order valence-corrected chi connectivity index (χ2v) is 3.66. The highest BCUT2D eigenvalue weighted by atomic mass is 35.5. The molecule has 2 atom stereocenters. The zero-order chi connectivity index (χ0) is 11.4. The normalized spacial score (nSPS) is 15.0. The fourth-order valence-corrected chi connectivity index (χ4v) is 1.59. The molecule has 2 unspecified atom stereocenters. The van der Waals surface area contributed by atoms with Gasteiger partial charge >= 0.3 is 0 Å². The maximum atomic E-state index is 13.3. The van der Waals surface area contributed by atoms with Crippen LogP contribution in [-0.4, -0.2) is 22.9 Å². The Morgan fingerprint density at radius 2 is 2.13 bits per heavy atom. The molecule has 0 radical (unpaired) electrons. The monoisotopic (exact) mass is 233 g/mol. The van der Waals surface area contributed by atoms with Crippen LogP contribution in [0.5, 0.6) is 0 Å². The van der Waals surface area contributed by atoms with Gasteiger partial charge in [0.25, 0.3) is 0 Å². The maximum Gasteiger partial charge on any atom is 0.130 e. The number of hydrogen-bond acceptors (Lipinski definition) is 3. The second-order valence-electron chi connectivity index (χ2n) is 3.26. The van der Waals surface area contributed by atoms with Crippen LogP contribution < -0.4 is 5.73 Å². The predicted molar refractivity (Wildman–Crippen MR) is 56.0 cm³/mol. The van der Waals surface area contributed by atoms with Gasteiger partial charge in [0.05, 0.1) is 6.10 Å². The summed E-state index contributed by atoms with van der Waals surface area (Å²) in [5.74, 6) is -0.594. The number of nitrogens with two attached hydrogens (primary N) is 1. The van der Waals surface area contributed by atoms with E-state index in [0.717, 1.165) is 0 Å². The number of aliphatic hydroxyl groups excluding tert-OH is 2. The second kappa shape index (κ2) is 5.42. The van der Waals surface area contributed by atoms with E-state index in [0.29, 0.717) is 0 Å². The third-order valence-electron chi connectivity index (χ3n) is 2.16. The van der Waals surface area contributed by atoms with Gasteiger partial charge in [0.15, 0.2) is 0 Å². The van der Waals surface area contributed by atoms with Gasteiger partial charge in [0, 0.05) is 23.2 Å². The minimum atomic E-state index is -1.20. The van der Waals surface area contributed by atoms with Crippen molar-refractivity contribution in [1.29, 1.82) is 0 Å². The van der Waals surface area contributed by atoms with Crippen LogP contribution in [0, 0.1) is 5.82 Å². The van der Waals surface area contributed by atoms with Crippen LogP contribution in [0.2, 0.25) is 5.02 Å². The number of benzene rings is 1. The van der Waals surface area contributed by atoms with E-state index in [9.17, 15) is 9.50 Å². The molecule has 0 spiro atoms. The molecule has 1 rings (SSSR count). The van der Waals surface area contributed by atoms with Crippen LogP contribution >= 0.6 is 11.6 Å². The summed E-state index contributed by atoms with van der Waals surface area (Å²) < 4.78 is 13.3. The summed E-state index contributed by atoms with van der Waals surface area (Å²) in [7, 11) is 0. The van der Waals surface area contributed by atoms with Gasteiger partial charge in [-0.2, -0.15) is 0 Å². The Balaban J connectivity index is 2.94. The smallest absolute Gasteiger partial charge is 0.130 e. The van der Waals surface area contributed by atoms with E-state index in [2.05, 4.69) is 0 Å². The molecule has 0 fully saturated rings. The number of aliphatic hydroxyl groups is 2. The average molecular weight is 234 g/mol. The van der Waals surface area contributed by atoms with Crippen LogP contribution in [0.1, 0.15) is 18.1 Å². The molecule has 0 aliphatic rings. The molecule has 3 nitrogen and oxygen atoms in total. The van der Waals surface area contributed by atoms with E-state index in [1.807, 2.05) is 0 Å². The van der Waals surface area contributed by atoms with Crippen molar-refractivity contribution in [2.75, 3.05) is 6.61 Å². The Kier molecular flexibility index (Phi) is 4.47.